The van der Waals surface area contributed by atoms with Gasteiger partial charge in [-0.15, -0.1) is 0 Å². The summed E-state index contributed by atoms with van der Waals surface area (Å²) in [6.45, 7) is 23.0. The number of aryl methyl sites for hydroxylation is 2. The summed E-state index contributed by atoms with van der Waals surface area (Å²) in [6, 6.07) is 44.6. The second-order valence-electron chi connectivity index (χ2n) is 20.2. The van der Waals surface area contributed by atoms with E-state index >= 15 is 0 Å². The summed E-state index contributed by atoms with van der Waals surface area (Å²) < 4.78 is 12.7. The Bertz CT molecular complexity index is 2400. The zero-order valence-corrected chi connectivity index (χ0v) is 46.9. The molecule has 392 valence electrons. The Morgan fingerprint density at radius 3 is 1.08 bits per heavy atom. The molecule has 0 saturated heterocycles. The van der Waals surface area contributed by atoms with Crippen molar-refractivity contribution in [2.45, 2.75) is 125 Å². The van der Waals surface area contributed by atoms with Crippen LogP contribution in [0.1, 0.15) is 150 Å². The molecule has 73 heavy (non-hydrogen) atoms. The molecular formula is C65H90N6O2. The van der Waals surface area contributed by atoms with E-state index < -0.39 is 0 Å². The Balaban J connectivity index is 1.34. The van der Waals surface area contributed by atoms with E-state index in [-0.39, 0.29) is 12.1 Å². The first kappa shape index (κ1) is 56.0. The molecule has 0 aliphatic rings. The summed E-state index contributed by atoms with van der Waals surface area (Å²) in [5.74, 6) is 1.86. The standard InChI is InChI=1S/C65H90N6O2/c1-13-19-41-70(42-20-14-2)62-54(35-39-58(72-17-5)64(62)68(9)10)60(52-29-25-23-26-30-52)66-56-37-33-50(45-48(56)7)47-51-34-38-57(49(8)46-51)67-61(53-31-27-24-28-32-53)55-36-40-59(73-18-6)65(69(11)12)63(55)71(43-21-15-3)44-22-16-4/h23-40,45-46,60-61,66-67H,13-22,41-44,47H2,1-12H3. The number of ether oxygens (including phenoxy) is 2. The predicted octanol–water partition coefficient (Wildman–Crippen LogP) is 16.0. The monoisotopic (exact) mass is 987 g/mol. The van der Waals surface area contributed by atoms with Crippen LogP contribution in [-0.4, -0.2) is 67.6 Å². The van der Waals surface area contributed by atoms with Gasteiger partial charge in [-0.05, 0) is 117 Å². The van der Waals surface area contributed by atoms with Crippen LogP contribution in [0, 0.1) is 13.8 Å². The second-order valence-corrected chi connectivity index (χ2v) is 20.2. The molecule has 0 fully saturated rings. The number of hydrogen-bond donors (Lipinski definition) is 2. The third kappa shape index (κ3) is 14.5. The number of hydrogen-bond acceptors (Lipinski definition) is 8. The van der Waals surface area contributed by atoms with Gasteiger partial charge in [0.1, 0.15) is 22.9 Å². The molecule has 2 atom stereocenters. The minimum absolute atomic E-state index is 0.0906. The van der Waals surface area contributed by atoms with Gasteiger partial charge in [0, 0.05) is 76.9 Å². The van der Waals surface area contributed by atoms with Crippen molar-refractivity contribution < 1.29 is 9.47 Å². The van der Waals surface area contributed by atoms with Gasteiger partial charge in [0.2, 0.25) is 0 Å². The fourth-order valence-corrected chi connectivity index (χ4v) is 10.3. The number of anilines is 6. The van der Waals surface area contributed by atoms with Crippen molar-refractivity contribution in [2.24, 2.45) is 0 Å². The maximum Gasteiger partial charge on any atom is 0.144 e. The Hall–Kier alpha value is -6.28. The minimum atomic E-state index is -0.0906. The smallest absolute Gasteiger partial charge is 0.144 e. The molecule has 2 N–H and O–H groups in total. The number of nitrogens with zero attached hydrogens (tertiary/aromatic N) is 4. The van der Waals surface area contributed by atoms with E-state index in [2.05, 4.69) is 235 Å². The Morgan fingerprint density at radius 1 is 0.425 bits per heavy atom. The van der Waals surface area contributed by atoms with Crippen molar-refractivity contribution in [1.29, 1.82) is 0 Å². The van der Waals surface area contributed by atoms with Gasteiger partial charge in [-0.3, -0.25) is 0 Å². The van der Waals surface area contributed by atoms with Crippen molar-refractivity contribution in [2.75, 3.05) is 97.8 Å². The zero-order valence-electron chi connectivity index (χ0n) is 46.9. The molecule has 8 nitrogen and oxygen atoms in total. The lowest BCUT2D eigenvalue weighted by Gasteiger charge is -2.35. The first-order valence-corrected chi connectivity index (χ1v) is 27.7. The molecule has 6 aromatic rings. The quantitative estimate of drug-likeness (QED) is 0.0463. The summed E-state index contributed by atoms with van der Waals surface area (Å²) in [5.41, 5.74) is 17.1. The SMILES string of the molecule is CCCCN(CCCC)c1c(C(Nc2ccc(Cc3ccc(NC(c4ccccc4)c4ccc(OCC)c(N(C)C)c4N(CCCC)CCCC)c(C)c3)cc2C)c2ccccc2)ccc(OCC)c1N(C)C. The van der Waals surface area contributed by atoms with Crippen LogP contribution in [0.2, 0.25) is 0 Å². The van der Waals surface area contributed by atoms with Crippen LogP contribution >= 0.6 is 0 Å². The van der Waals surface area contributed by atoms with Crippen molar-refractivity contribution >= 4 is 34.1 Å². The first-order chi connectivity index (χ1) is 35.5. The van der Waals surface area contributed by atoms with E-state index in [0.29, 0.717) is 13.2 Å². The van der Waals surface area contributed by atoms with Gasteiger partial charge in [0.05, 0.1) is 36.7 Å². The molecule has 0 heterocycles. The van der Waals surface area contributed by atoms with Crippen molar-refractivity contribution in [3.8, 4) is 11.5 Å². The molecule has 6 aromatic carbocycles. The van der Waals surface area contributed by atoms with Crippen LogP contribution in [0.5, 0.6) is 11.5 Å². The highest BCUT2D eigenvalue weighted by atomic mass is 16.5. The van der Waals surface area contributed by atoms with E-state index in [4.69, 9.17) is 9.47 Å². The minimum Gasteiger partial charge on any atom is -0.492 e. The number of benzene rings is 6. The summed E-state index contributed by atoms with van der Waals surface area (Å²) in [7, 11) is 8.61. The van der Waals surface area contributed by atoms with E-state index in [1.165, 1.54) is 55.9 Å². The lowest BCUT2D eigenvalue weighted by atomic mass is 9.93. The number of nitrogens with one attached hydrogen (secondary N) is 2. The van der Waals surface area contributed by atoms with Gasteiger partial charge in [0.25, 0.3) is 0 Å². The van der Waals surface area contributed by atoms with Gasteiger partial charge in [-0.2, -0.15) is 0 Å². The van der Waals surface area contributed by atoms with Gasteiger partial charge in [0.15, 0.2) is 0 Å². The highest BCUT2D eigenvalue weighted by Gasteiger charge is 2.29. The normalized spacial score (nSPS) is 12.0. The van der Waals surface area contributed by atoms with E-state index in [0.717, 1.165) is 118 Å². The van der Waals surface area contributed by atoms with Gasteiger partial charge < -0.3 is 39.7 Å². The molecule has 0 aromatic heterocycles. The molecule has 0 spiro atoms. The largest absolute Gasteiger partial charge is 0.492 e. The molecule has 0 aliphatic carbocycles. The lowest BCUT2D eigenvalue weighted by molar-refractivity contribution is 0.340. The maximum atomic E-state index is 6.36. The summed E-state index contributed by atoms with van der Waals surface area (Å²) >= 11 is 0. The topological polar surface area (TPSA) is 55.5 Å². The number of rotatable bonds is 30. The van der Waals surface area contributed by atoms with Gasteiger partial charge >= 0.3 is 0 Å². The zero-order chi connectivity index (χ0) is 52.3. The number of unbranched alkanes of at least 4 members (excludes halogenated alkanes) is 4. The van der Waals surface area contributed by atoms with Gasteiger partial charge in [-0.25, -0.2) is 0 Å². The van der Waals surface area contributed by atoms with E-state index in [9.17, 15) is 0 Å². The molecule has 0 bridgehead atoms. The van der Waals surface area contributed by atoms with Crippen molar-refractivity contribution in [3.05, 3.63) is 166 Å². The fraction of sp³-hybridized carbons (Fsp3) is 0.446. The van der Waals surface area contributed by atoms with Crippen LogP contribution < -0.4 is 39.7 Å². The average molecular weight is 987 g/mol. The Morgan fingerprint density at radius 2 is 0.781 bits per heavy atom. The van der Waals surface area contributed by atoms with Crippen LogP contribution in [0.3, 0.4) is 0 Å². The van der Waals surface area contributed by atoms with Gasteiger partial charge in [-0.1, -0.05) is 150 Å². The lowest BCUT2D eigenvalue weighted by Crippen LogP contribution is -2.30. The third-order valence-corrected chi connectivity index (χ3v) is 14.0. The van der Waals surface area contributed by atoms with Crippen molar-refractivity contribution in [3.63, 3.8) is 0 Å². The molecule has 0 saturated carbocycles. The van der Waals surface area contributed by atoms with Crippen molar-refractivity contribution in [1.82, 2.24) is 0 Å². The molecule has 0 radical (unpaired) electrons. The summed E-state index contributed by atoms with van der Waals surface area (Å²) in [6.07, 6.45) is 9.93. The molecule has 0 amide bonds. The highest BCUT2D eigenvalue weighted by Crippen LogP contribution is 2.47. The molecular weight excluding hydrogens is 897 g/mol. The first-order valence-electron chi connectivity index (χ1n) is 27.7. The molecule has 6 rings (SSSR count). The molecule has 0 aliphatic heterocycles. The summed E-state index contributed by atoms with van der Waals surface area (Å²) in [4.78, 5) is 9.76. The van der Waals surface area contributed by atoms with E-state index in [1.807, 2.05) is 0 Å². The van der Waals surface area contributed by atoms with Crippen LogP contribution in [-0.2, 0) is 6.42 Å². The third-order valence-electron chi connectivity index (χ3n) is 14.0. The maximum absolute atomic E-state index is 6.36. The average Bonchev–Trinajstić information content (AvgIpc) is 3.39. The second kappa shape index (κ2) is 28.2. The van der Waals surface area contributed by atoms with Crippen LogP contribution in [0.15, 0.2) is 121 Å². The fourth-order valence-electron chi connectivity index (χ4n) is 10.3. The Kier molecular flexibility index (Phi) is 21.7. The Labute approximate surface area is 442 Å². The highest BCUT2D eigenvalue weighted by molar-refractivity contribution is 5.83. The predicted molar refractivity (Wildman–Crippen MR) is 317 cm³/mol. The van der Waals surface area contributed by atoms with E-state index in [1.54, 1.807) is 0 Å². The van der Waals surface area contributed by atoms with Crippen LogP contribution in [0.4, 0.5) is 34.1 Å². The van der Waals surface area contributed by atoms with Crippen LogP contribution in [0.25, 0.3) is 0 Å². The molecule has 8 heteroatoms. The summed E-state index contributed by atoms with van der Waals surface area (Å²) in [5, 5.41) is 8.20. The molecule has 2 unspecified atom stereocenters.